The number of nitrogen functional groups attached to an aromatic ring is 1. The van der Waals surface area contributed by atoms with Crippen LogP contribution in [0.5, 0.6) is 0 Å². The summed E-state index contributed by atoms with van der Waals surface area (Å²) in [4.78, 5) is 8.60. The van der Waals surface area contributed by atoms with Crippen LogP contribution in [0.4, 0.5) is 5.69 Å². The van der Waals surface area contributed by atoms with Crippen LogP contribution in [0.25, 0.3) is 11.2 Å². The molecular weight excluding hydrogens is 335 g/mol. The molecule has 1 fully saturated rings. The number of ether oxygens (including phenoxy) is 1. The van der Waals surface area contributed by atoms with Gasteiger partial charge in [0.1, 0.15) is 17.0 Å². The molecule has 0 bridgehead atoms. The van der Waals surface area contributed by atoms with Crippen molar-refractivity contribution < 1.29 is 9.84 Å². The van der Waals surface area contributed by atoms with Crippen molar-refractivity contribution >= 4 is 41.6 Å². The molecule has 23 heavy (non-hydrogen) atoms. The second-order valence-corrected chi connectivity index (χ2v) is 11.5. The number of imidazole rings is 1. The van der Waals surface area contributed by atoms with E-state index >= 15 is 0 Å². The lowest BCUT2D eigenvalue weighted by Crippen LogP contribution is -2.28. The molecule has 126 valence electrons. The minimum atomic E-state index is -1.17. The van der Waals surface area contributed by atoms with Gasteiger partial charge in [0.15, 0.2) is 11.9 Å². The fraction of sp³-hybridized carbons (Fsp3) is 0.533. The fourth-order valence-corrected chi connectivity index (χ4v) is 4.08. The van der Waals surface area contributed by atoms with Crippen LogP contribution in [-0.2, 0) is 4.74 Å². The number of halogens is 1. The normalized spacial score (nSPS) is 28.5. The summed E-state index contributed by atoms with van der Waals surface area (Å²) in [6.45, 7) is 3.16. The van der Waals surface area contributed by atoms with Crippen LogP contribution in [0.1, 0.15) is 12.6 Å². The van der Waals surface area contributed by atoms with Gasteiger partial charge in [-0.15, -0.1) is 24.8 Å². The number of pyridine rings is 1. The first-order chi connectivity index (χ1) is 10.8. The standard InChI is InChI=1S/C15H22ClN4O2P/c1-23(2,3)7-5-10-13(21)11(16)15(22-10)20-8-19-12-9(17)4-6-18-14(12)20/h4,6,8,10-11,13,15,21H,1,5,7H2,2-3H3,(H2,17,18)/t10?,11-,13-,15-/m1/s1. The van der Waals surface area contributed by atoms with Gasteiger partial charge in [-0.3, -0.25) is 4.57 Å². The Morgan fingerprint density at radius 1 is 1.48 bits per heavy atom. The average molecular weight is 357 g/mol. The zero-order valence-corrected chi connectivity index (χ0v) is 14.9. The van der Waals surface area contributed by atoms with Crippen molar-refractivity contribution in [3.63, 3.8) is 0 Å². The summed E-state index contributed by atoms with van der Waals surface area (Å²) in [6, 6.07) is 1.70. The number of hydrogen-bond donors (Lipinski definition) is 2. The summed E-state index contributed by atoms with van der Waals surface area (Å²) in [7, 11) is 0. The molecule has 0 aliphatic carbocycles. The summed E-state index contributed by atoms with van der Waals surface area (Å²) in [5.74, 6) is 0. The highest BCUT2D eigenvalue weighted by Gasteiger charge is 2.44. The first kappa shape index (κ1) is 16.8. The van der Waals surface area contributed by atoms with Gasteiger partial charge >= 0.3 is 0 Å². The lowest BCUT2D eigenvalue weighted by Gasteiger charge is -2.18. The summed E-state index contributed by atoms with van der Waals surface area (Å²) < 4.78 is 7.77. The highest BCUT2D eigenvalue weighted by molar-refractivity contribution is 7.72. The summed E-state index contributed by atoms with van der Waals surface area (Å²) in [5, 5.41) is 9.84. The van der Waals surface area contributed by atoms with Crippen molar-refractivity contribution in [2.24, 2.45) is 0 Å². The van der Waals surface area contributed by atoms with Crippen LogP contribution in [0, 0.1) is 0 Å². The number of aromatic nitrogens is 3. The Balaban J connectivity index is 1.85. The zero-order chi connectivity index (χ0) is 16.8. The number of aliphatic hydroxyl groups excluding tert-OH is 1. The van der Waals surface area contributed by atoms with Gasteiger partial charge in [0.25, 0.3) is 0 Å². The Morgan fingerprint density at radius 2 is 2.22 bits per heavy atom. The van der Waals surface area contributed by atoms with E-state index < -0.39 is 24.6 Å². The Hall–Kier alpha value is -1.07. The predicted octanol–water partition coefficient (Wildman–Crippen LogP) is 1.98. The third kappa shape index (κ3) is 3.26. The molecule has 1 unspecified atom stereocenters. The van der Waals surface area contributed by atoms with E-state index in [9.17, 15) is 5.11 Å². The zero-order valence-electron chi connectivity index (χ0n) is 13.3. The van der Waals surface area contributed by atoms with E-state index in [0.29, 0.717) is 16.9 Å². The van der Waals surface area contributed by atoms with Gasteiger partial charge in [0.2, 0.25) is 0 Å². The third-order valence-corrected chi connectivity index (χ3v) is 6.02. The van der Waals surface area contributed by atoms with Crippen molar-refractivity contribution in [3.8, 4) is 0 Å². The van der Waals surface area contributed by atoms with Crippen molar-refractivity contribution in [2.75, 3.05) is 25.2 Å². The number of nitrogens with two attached hydrogens (primary N) is 1. The molecular formula is C15H22ClN4O2P. The number of alkyl halides is 1. The molecule has 0 amide bonds. The first-order valence-corrected chi connectivity index (χ1v) is 11.0. The number of anilines is 1. The van der Waals surface area contributed by atoms with Crippen molar-refractivity contribution in [2.45, 2.75) is 30.2 Å². The summed E-state index contributed by atoms with van der Waals surface area (Å²) in [6.07, 6.45) is 7.58. The SMILES string of the molecule is C=P(C)(C)CCC1O[C@@H](n2cnc3c(N)ccnc32)[C@H](Cl)[C@@H]1O. The number of fused-ring (bicyclic) bond motifs is 1. The molecule has 3 heterocycles. The lowest BCUT2D eigenvalue weighted by molar-refractivity contribution is -0.0176. The van der Waals surface area contributed by atoms with Crippen molar-refractivity contribution in [1.82, 2.24) is 14.5 Å². The van der Waals surface area contributed by atoms with Gasteiger partial charge in [-0.1, -0.05) is 0 Å². The quantitative estimate of drug-likeness (QED) is 0.646. The third-order valence-electron chi connectivity index (χ3n) is 4.08. The number of nitrogens with zero attached hydrogens (tertiary/aromatic N) is 3. The second-order valence-electron chi connectivity index (χ2n) is 6.67. The molecule has 0 radical (unpaired) electrons. The molecule has 0 spiro atoms. The number of rotatable bonds is 4. The summed E-state index contributed by atoms with van der Waals surface area (Å²) >= 11 is 6.42. The molecule has 1 saturated heterocycles. The van der Waals surface area contributed by atoms with Crippen molar-refractivity contribution in [1.29, 1.82) is 0 Å². The number of aliphatic hydroxyl groups is 1. The maximum absolute atomic E-state index is 10.4. The van der Waals surface area contributed by atoms with E-state index in [1.54, 1.807) is 23.2 Å². The molecule has 1 aliphatic heterocycles. The van der Waals surface area contributed by atoms with Crippen LogP contribution < -0.4 is 5.73 Å². The topological polar surface area (TPSA) is 86.2 Å². The van der Waals surface area contributed by atoms with Gasteiger partial charge in [-0.2, -0.15) is 0 Å². The summed E-state index contributed by atoms with van der Waals surface area (Å²) in [5.41, 5.74) is 7.69. The minimum Gasteiger partial charge on any atom is -0.397 e. The van der Waals surface area contributed by atoms with Crippen LogP contribution >= 0.6 is 18.5 Å². The van der Waals surface area contributed by atoms with E-state index in [1.165, 1.54) is 0 Å². The van der Waals surface area contributed by atoms with Gasteiger partial charge in [0, 0.05) is 6.20 Å². The molecule has 8 heteroatoms. The highest BCUT2D eigenvalue weighted by Crippen LogP contribution is 2.41. The van der Waals surface area contributed by atoms with Gasteiger partial charge in [-0.25, -0.2) is 9.97 Å². The molecule has 4 atom stereocenters. The minimum absolute atomic E-state index is 0.304. The highest BCUT2D eigenvalue weighted by atomic mass is 35.5. The maximum Gasteiger partial charge on any atom is 0.164 e. The Morgan fingerprint density at radius 3 is 2.91 bits per heavy atom. The van der Waals surface area contributed by atoms with Gasteiger partial charge in [-0.05, 0) is 32.0 Å². The van der Waals surface area contributed by atoms with E-state index in [1.807, 2.05) is 0 Å². The van der Waals surface area contributed by atoms with E-state index in [4.69, 9.17) is 22.1 Å². The Labute approximate surface area is 140 Å². The Kier molecular flexibility index (Phi) is 4.45. The molecule has 0 saturated carbocycles. The lowest BCUT2D eigenvalue weighted by atomic mass is 10.1. The van der Waals surface area contributed by atoms with Crippen LogP contribution in [0.3, 0.4) is 0 Å². The molecule has 2 aromatic heterocycles. The van der Waals surface area contributed by atoms with E-state index in [0.717, 1.165) is 12.6 Å². The predicted molar refractivity (Wildman–Crippen MR) is 96.9 cm³/mol. The van der Waals surface area contributed by atoms with E-state index in [-0.39, 0.29) is 6.10 Å². The molecule has 3 N–H and O–H groups in total. The largest absolute Gasteiger partial charge is 0.397 e. The van der Waals surface area contributed by atoms with Gasteiger partial charge in [0.05, 0.1) is 18.1 Å². The van der Waals surface area contributed by atoms with Crippen LogP contribution in [0.15, 0.2) is 18.6 Å². The maximum atomic E-state index is 10.4. The Bertz CT molecular complexity index is 759. The molecule has 2 aromatic rings. The fourth-order valence-electron chi connectivity index (χ4n) is 2.78. The molecule has 0 aromatic carbocycles. The van der Waals surface area contributed by atoms with Gasteiger partial charge < -0.3 is 15.6 Å². The molecule has 1 aliphatic rings. The second kappa shape index (κ2) is 6.10. The number of hydrogen-bond acceptors (Lipinski definition) is 5. The van der Waals surface area contributed by atoms with Crippen LogP contribution in [0.2, 0.25) is 0 Å². The monoisotopic (exact) mass is 356 g/mol. The molecule has 6 nitrogen and oxygen atoms in total. The first-order valence-electron chi connectivity index (χ1n) is 7.50. The van der Waals surface area contributed by atoms with E-state index in [2.05, 4.69) is 29.6 Å². The van der Waals surface area contributed by atoms with Crippen LogP contribution in [-0.4, -0.2) is 63.0 Å². The molecule has 3 rings (SSSR count). The van der Waals surface area contributed by atoms with Crippen molar-refractivity contribution in [3.05, 3.63) is 18.6 Å². The average Bonchev–Trinajstić information content (AvgIpc) is 3.01. The smallest absolute Gasteiger partial charge is 0.164 e.